The van der Waals surface area contributed by atoms with E-state index in [1.54, 1.807) is 23.4 Å². The zero-order valence-corrected chi connectivity index (χ0v) is 21.4. The molecule has 1 N–H and O–H groups in total. The van der Waals surface area contributed by atoms with E-state index in [9.17, 15) is 14.9 Å². The van der Waals surface area contributed by atoms with Gasteiger partial charge in [0.15, 0.2) is 0 Å². The number of nitrogens with zero attached hydrogens (tertiary/aromatic N) is 4. The molecule has 2 fully saturated rings. The van der Waals surface area contributed by atoms with Gasteiger partial charge in [-0.05, 0) is 31.1 Å². The number of quaternary nitrogens is 1. The SMILES string of the molecule is Cc1c(/C=C2\SC(=S)N([C@H](C)c3ccccc3)C2=O)c(N2CC[NH+](C)CC2)n(C)c(=O)c1C#N. The van der Waals surface area contributed by atoms with Crippen LogP contribution in [0.25, 0.3) is 6.08 Å². The number of pyridine rings is 1. The van der Waals surface area contributed by atoms with Gasteiger partial charge in [-0.3, -0.25) is 19.1 Å². The summed E-state index contributed by atoms with van der Waals surface area (Å²) in [5, 5.41) is 9.68. The number of carbonyl (C=O) groups is 1. The molecule has 0 unspecified atom stereocenters. The van der Waals surface area contributed by atoms with Crippen molar-refractivity contribution in [3.05, 3.63) is 67.8 Å². The summed E-state index contributed by atoms with van der Waals surface area (Å²) in [4.78, 5) is 32.2. The van der Waals surface area contributed by atoms with Gasteiger partial charge >= 0.3 is 0 Å². The van der Waals surface area contributed by atoms with Gasteiger partial charge in [0.05, 0.1) is 44.2 Å². The number of nitriles is 1. The lowest BCUT2D eigenvalue weighted by molar-refractivity contribution is -0.880. The molecule has 0 saturated carbocycles. The first-order valence-corrected chi connectivity index (χ1v) is 12.5. The highest BCUT2D eigenvalue weighted by molar-refractivity contribution is 8.26. The van der Waals surface area contributed by atoms with Crippen LogP contribution in [0.15, 0.2) is 40.0 Å². The predicted molar refractivity (Wildman–Crippen MR) is 140 cm³/mol. The van der Waals surface area contributed by atoms with Gasteiger partial charge in [0, 0.05) is 12.6 Å². The number of thiocarbonyl (C=S) groups is 1. The number of amides is 1. The van der Waals surface area contributed by atoms with Crippen molar-refractivity contribution in [3.63, 3.8) is 0 Å². The van der Waals surface area contributed by atoms with Gasteiger partial charge in [0.2, 0.25) is 0 Å². The number of hydrogen-bond donors (Lipinski definition) is 1. The summed E-state index contributed by atoms with van der Waals surface area (Å²) >= 11 is 6.86. The van der Waals surface area contributed by atoms with Gasteiger partial charge in [-0.2, -0.15) is 5.26 Å². The van der Waals surface area contributed by atoms with Crippen LogP contribution < -0.4 is 15.4 Å². The number of nitrogens with one attached hydrogen (secondary N) is 1. The Morgan fingerprint density at radius 2 is 1.85 bits per heavy atom. The van der Waals surface area contributed by atoms with E-state index in [0.29, 0.717) is 14.8 Å². The molecule has 2 aliphatic rings. The van der Waals surface area contributed by atoms with Crippen molar-refractivity contribution < 1.29 is 9.69 Å². The largest absolute Gasteiger partial charge is 0.346 e. The van der Waals surface area contributed by atoms with Crippen molar-refractivity contribution in [2.45, 2.75) is 19.9 Å². The van der Waals surface area contributed by atoms with E-state index in [1.165, 1.54) is 16.7 Å². The minimum atomic E-state index is -0.316. The Bertz CT molecular complexity index is 1270. The molecule has 1 amide bonds. The Kier molecular flexibility index (Phi) is 6.94. The fraction of sp³-hybridized carbons (Fsp3) is 0.360. The Hall–Kier alpha value is -2.93. The van der Waals surface area contributed by atoms with Crippen LogP contribution in [0.3, 0.4) is 0 Å². The summed E-state index contributed by atoms with van der Waals surface area (Å²) in [6.07, 6.45) is 1.81. The molecule has 2 aliphatic heterocycles. The first-order chi connectivity index (χ1) is 16.2. The predicted octanol–water partition coefficient (Wildman–Crippen LogP) is 1.86. The van der Waals surface area contributed by atoms with E-state index >= 15 is 0 Å². The van der Waals surface area contributed by atoms with Gasteiger partial charge < -0.3 is 9.80 Å². The first-order valence-electron chi connectivity index (χ1n) is 11.3. The van der Waals surface area contributed by atoms with Crippen molar-refractivity contribution in [2.75, 3.05) is 38.1 Å². The molecule has 9 heteroatoms. The molecule has 0 radical (unpaired) electrons. The van der Waals surface area contributed by atoms with Crippen LogP contribution in [-0.2, 0) is 11.8 Å². The molecule has 3 heterocycles. The number of thioether (sulfide) groups is 1. The number of rotatable bonds is 4. The Morgan fingerprint density at radius 3 is 2.47 bits per heavy atom. The monoisotopic (exact) mass is 494 g/mol. The molecule has 0 aliphatic carbocycles. The molecule has 1 atom stereocenters. The Labute approximate surface area is 209 Å². The highest BCUT2D eigenvalue weighted by atomic mass is 32.2. The second kappa shape index (κ2) is 9.74. The summed E-state index contributed by atoms with van der Waals surface area (Å²) < 4.78 is 2.05. The van der Waals surface area contributed by atoms with E-state index in [2.05, 4.69) is 18.0 Å². The number of likely N-dealkylation sites (N-methyl/N-ethyl adjacent to an activating group) is 1. The molecule has 0 spiro atoms. The quantitative estimate of drug-likeness (QED) is 0.517. The molecule has 34 heavy (non-hydrogen) atoms. The maximum absolute atomic E-state index is 13.5. The summed E-state index contributed by atoms with van der Waals surface area (Å²) in [5.41, 5.74) is 2.11. The standard InChI is InChI=1S/C25H27N5O2S2/c1-16-19(22(28(4)23(31)20(16)15-26)29-12-10-27(3)11-13-29)14-21-24(32)30(25(33)34-21)17(2)18-8-6-5-7-9-18/h5-9,14,17H,10-13H2,1-4H3/p+1/b21-14-/t17-/m1/s1. The fourth-order valence-corrected chi connectivity index (χ4v) is 5.92. The van der Waals surface area contributed by atoms with Crippen LogP contribution in [-0.4, -0.2) is 52.9 Å². The average Bonchev–Trinajstić information content (AvgIpc) is 3.11. The number of aromatic nitrogens is 1. The van der Waals surface area contributed by atoms with E-state index in [1.807, 2.05) is 43.3 Å². The summed E-state index contributed by atoms with van der Waals surface area (Å²) in [7, 11) is 3.85. The summed E-state index contributed by atoms with van der Waals surface area (Å²) in [5.74, 6) is 0.585. The minimum absolute atomic E-state index is 0.102. The molecule has 0 bridgehead atoms. The molecule has 7 nitrogen and oxygen atoms in total. The number of benzene rings is 1. The van der Waals surface area contributed by atoms with Gasteiger partial charge in [-0.1, -0.05) is 54.3 Å². The maximum atomic E-state index is 13.5. The van der Waals surface area contributed by atoms with Crippen LogP contribution in [0.4, 0.5) is 5.82 Å². The number of hydrogen-bond acceptors (Lipinski definition) is 6. The molecule has 1 aromatic carbocycles. The van der Waals surface area contributed by atoms with Crippen LogP contribution in [0.5, 0.6) is 0 Å². The molecule has 1 aromatic heterocycles. The third kappa shape index (κ3) is 4.29. The first kappa shape index (κ1) is 24.2. The maximum Gasteiger partial charge on any atom is 0.270 e. The van der Waals surface area contributed by atoms with Crippen molar-refractivity contribution in [3.8, 4) is 6.07 Å². The molecule has 2 saturated heterocycles. The van der Waals surface area contributed by atoms with Crippen molar-refractivity contribution >= 4 is 46.1 Å². The number of anilines is 1. The minimum Gasteiger partial charge on any atom is -0.346 e. The third-order valence-corrected chi connectivity index (χ3v) is 7.98. The second-order valence-electron chi connectivity index (χ2n) is 8.80. The molecular weight excluding hydrogens is 466 g/mol. The zero-order valence-electron chi connectivity index (χ0n) is 19.8. The molecule has 4 rings (SSSR count). The van der Waals surface area contributed by atoms with Gasteiger partial charge in [-0.15, -0.1) is 0 Å². The lowest BCUT2D eigenvalue weighted by Gasteiger charge is -2.34. The van der Waals surface area contributed by atoms with Crippen molar-refractivity contribution in [1.82, 2.24) is 9.47 Å². The van der Waals surface area contributed by atoms with Crippen LogP contribution >= 0.6 is 24.0 Å². The number of carbonyl (C=O) groups excluding carboxylic acids is 1. The molecule has 176 valence electrons. The lowest BCUT2D eigenvalue weighted by Crippen LogP contribution is -3.12. The zero-order chi connectivity index (χ0) is 24.6. The normalized spacial score (nSPS) is 19.1. The van der Waals surface area contributed by atoms with E-state index < -0.39 is 0 Å². The fourth-order valence-electron chi connectivity index (χ4n) is 4.52. The van der Waals surface area contributed by atoms with Crippen LogP contribution in [0.2, 0.25) is 0 Å². The smallest absolute Gasteiger partial charge is 0.270 e. The molecule has 2 aromatic rings. The van der Waals surface area contributed by atoms with E-state index in [0.717, 1.165) is 43.1 Å². The third-order valence-electron chi connectivity index (χ3n) is 6.65. The Morgan fingerprint density at radius 1 is 1.21 bits per heavy atom. The van der Waals surface area contributed by atoms with Gasteiger partial charge in [-0.25, -0.2) is 0 Å². The topological polar surface area (TPSA) is 73.8 Å². The number of piperazine rings is 1. The van der Waals surface area contributed by atoms with Crippen molar-refractivity contribution in [1.29, 1.82) is 5.26 Å². The summed E-state index contributed by atoms with van der Waals surface area (Å²) in [6, 6.07) is 11.7. The molecular formula is C25H28N5O2S2+. The van der Waals surface area contributed by atoms with Gasteiger partial charge in [0.25, 0.3) is 11.5 Å². The average molecular weight is 495 g/mol. The Balaban J connectivity index is 1.80. The van der Waals surface area contributed by atoms with Crippen LogP contribution in [0.1, 0.15) is 35.2 Å². The van der Waals surface area contributed by atoms with Gasteiger partial charge in [0.1, 0.15) is 21.8 Å². The van der Waals surface area contributed by atoms with Crippen molar-refractivity contribution in [2.24, 2.45) is 7.05 Å². The highest BCUT2D eigenvalue weighted by Gasteiger charge is 2.36. The summed E-state index contributed by atoms with van der Waals surface area (Å²) in [6.45, 7) is 7.22. The van der Waals surface area contributed by atoms with E-state index in [4.69, 9.17) is 12.2 Å². The van der Waals surface area contributed by atoms with Crippen LogP contribution in [0, 0.1) is 18.3 Å². The highest BCUT2D eigenvalue weighted by Crippen LogP contribution is 2.39. The second-order valence-corrected chi connectivity index (χ2v) is 10.5. The lowest BCUT2D eigenvalue weighted by atomic mass is 10.0. The van der Waals surface area contributed by atoms with E-state index in [-0.39, 0.29) is 23.1 Å².